The number of nitrogens with zero attached hydrogens (tertiary/aromatic N) is 3. The zero-order chi connectivity index (χ0) is 13.5. The number of hydrogen-bond acceptors (Lipinski definition) is 5. The number of thiophene rings is 1. The van der Waals surface area contributed by atoms with Gasteiger partial charge in [-0.25, -0.2) is 4.98 Å². The van der Waals surface area contributed by atoms with E-state index in [4.69, 9.17) is 4.74 Å². The Kier molecular flexibility index (Phi) is 2.94. The van der Waals surface area contributed by atoms with Crippen molar-refractivity contribution in [3.63, 3.8) is 0 Å². The van der Waals surface area contributed by atoms with Gasteiger partial charge >= 0.3 is 0 Å². The Hall–Kier alpha value is -1.50. The van der Waals surface area contributed by atoms with Gasteiger partial charge in [0.1, 0.15) is 17.9 Å². The maximum Gasteiger partial charge on any atom is 0.136 e. The molecule has 0 saturated carbocycles. The van der Waals surface area contributed by atoms with Crippen LogP contribution >= 0.6 is 11.3 Å². The first-order chi connectivity index (χ1) is 9.88. The topological polar surface area (TPSA) is 60.2 Å². The second-order valence-corrected chi connectivity index (χ2v) is 5.83. The second-order valence-electron chi connectivity index (χ2n) is 4.91. The molecule has 1 N–H and O–H groups in total. The number of aliphatic hydroxyl groups is 1. The molecule has 0 amide bonds. The molecule has 1 fully saturated rings. The Morgan fingerprint density at radius 3 is 3.20 bits per heavy atom. The van der Waals surface area contributed by atoms with Crippen LogP contribution in [0.5, 0.6) is 0 Å². The van der Waals surface area contributed by atoms with Crippen molar-refractivity contribution < 1.29 is 9.84 Å². The molecule has 0 aromatic carbocycles. The smallest absolute Gasteiger partial charge is 0.136 e. The molecule has 0 bridgehead atoms. The van der Waals surface area contributed by atoms with Crippen LogP contribution in [0.2, 0.25) is 0 Å². The number of fused-ring (bicyclic) bond motifs is 3. The van der Waals surface area contributed by atoms with Crippen molar-refractivity contribution in [1.82, 2.24) is 14.5 Å². The highest BCUT2D eigenvalue weighted by molar-refractivity contribution is 7.18. The largest absolute Gasteiger partial charge is 0.388 e. The van der Waals surface area contributed by atoms with Crippen LogP contribution in [0.25, 0.3) is 21.3 Å². The molecule has 3 aromatic rings. The predicted octanol–water partition coefficient (Wildman–Crippen LogP) is 2.65. The van der Waals surface area contributed by atoms with E-state index in [0.717, 1.165) is 34.1 Å². The molecule has 1 saturated heterocycles. The molecule has 103 valence electrons. The number of imidazole rings is 1. The molecule has 0 aliphatic carbocycles. The van der Waals surface area contributed by atoms with Gasteiger partial charge in [0.25, 0.3) is 0 Å². The third kappa shape index (κ3) is 1.76. The number of aromatic nitrogens is 3. The van der Waals surface area contributed by atoms with E-state index in [9.17, 15) is 5.11 Å². The van der Waals surface area contributed by atoms with Gasteiger partial charge in [-0.3, -0.25) is 4.98 Å². The maximum absolute atomic E-state index is 9.62. The molecule has 20 heavy (non-hydrogen) atoms. The average Bonchev–Trinajstić information content (AvgIpc) is 3.11. The molecule has 0 unspecified atom stereocenters. The number of ether oxygens (including phenoxy) is 1. The lowest BCUT2D eigenvalue weighted by Gasteiger charge is -2.25. The van der Waals surface area contributed by atoms with E-state index in [1.54, 1.807) is 17.5 Å². The zero-order valence-corrected chi connectivity index (χ0v) is 11.6. The van der Waals surface area contributed by atoms with E-state index in [-0.39, 0.29) is 12.6 Å². The molecule has 6 heteroatoms. The molecule has 1 atom stereocenters. The van der Waals surface area contributed by atoms with Crippen LogP contribution in [0.4, 0.5) is 0 Å². The van der Waals surface area contributed by atoms with Gasteiger partial charge in [-0.15, -0.1) is 11.3 Å². The number of rotatable bonds is 2. The molecular weight excluding hydrogens is 274 g/mol. The van der Waals surface area contributed by atoms with Crippen LogP contribution in [-0.2, 0) is 11.3 Å². The van der Waals surface area contributed by atoms with E-state index in [2.05, 4.69) is 14.5 Å². The fourth-order valence-corrected chi connectivity index (χ4v) is 3.73. The van der Waals surface area contributed by atoms with Gasteiger partial charge in [-0.05, 0) is 24.3 Å². The van der Waals surface area contributed by atoms with Crippen LogP contribution < -0.4 is 0 Å². The highest BCUT2D eigenvalue weighted by Gasteiger charge is 2.23. The number of aliphatic hydroxyl groups excluding tert-OH is 1. The summed E-state index contributed by atoms with van der Waals surface area (Å²) in [7, 11) is 0. The van der Waals surface area contributed by atoms with Gasteiger partial charge in [0.15, 0.2) is 0 Å². The molecule has 3 aromatic heterocycles. The van der Waals surface area contributed by atoms with E-state index in [0.29, 0.717) is 12.4 Å². The van der Waals surface area contributed by atoms with Gasteiger partial charge < -0.3 is 14.4 Å². The van der Waals surface area contributed by atoms with Gasteiger partial charge in [0, 0.05) is 0 Å². The Bertz CT molecular complexity index is 758. The average molecular weight is 288 g/mol. The quantitative estimate of drug-likeness (QED) is 0.787. The van der Waals surface area contributed by atoms with E-state index in [1.165, 1.54) is 0 Å². The standard InChI is InChI=1S/C14H14N3O2S/c18-7-12-16-11-6-15-10-3-5-20-14(10)13(11)17(12)9-2-1-4-19-8-9/h3-6,9,18H,1-2,7-8H2/t9-/m0/s1. The minimum absolute atomic E-state index is 0.0677. The first-order valence-corrected chi connectivity index (χ1v) is 7.53. The molecule has 4 rings (SSSR count). The Morgan fingerprint density at radius 2 is 2.40 bits per heavy atom. The molecule has 5 nitrogen and oxygen atoms in total. The minimum Gasteiger partial charge on any atom is -0.388 e. The third-order valence-electron chi connectivity index (χ3n) is 3.73. The monoisotopic (exact) mass is 288 g/mol. The van der Waals surface area contributed by atoms with E-state index < -0.39 is 0 Å². The fraction of sp³-hybridized carbons (Fsp3) is 0.357. The van der Waals surface area contributed by atoms with Gasteiger partial charge in [0.05, 0.1) is 41.2 Å². The lowest BCUT2D eigenvalue weighted by molar-refractivity contribution is 0.108. The first kappa shape index (κ1) is 12.3. The van der Waals surface area contributed by atoms with Gasteiger partial charge in [0.2, 0.25) is 0 Å². The predicted molar refractivity (Wildman–Crippen MR) is 77.4 cm³/mol. The maximum atomic E-state index is 9.62. The second kappa shape index (κ2) is 4.80. The SMILES string of the molecule is OCc1nc2cnc3ccsc3c2n1[C@H]1CC[CH]OC1. The van der Waals surface area contributed by atoms with Crippen LogP contribution in [-0.4, -0.2) is 26.2 Å². The Labute approximate surface area is 119 Å². The number of hydrogen-bond donors (Lipinski definition) is 1. The van der Waals surface area contributed by atoms with Crippen LogP contribution in [0.15, 0.2) is 17.6 Å². The summed E-state index contributed by atoms with van der Waals surface area (Å²) in [5, 5.41) is 11.7. The van der Waals surface area contributed by atoms with Crippen molar-refractivity contribution in [1.29, 1.82) is 0 Å². The van der Waals surface area contributed by atoms with Crippen molar-refractivity contribution in [2.45, 2.75) is 25.5 Å². The Morgan fingerprint density at radius 1 is 1.45 bits per heavy atom. The summed E-state index contributed by atoms with van der Waals surface area (Å²) in [5.41, 5.74) is 2.90. The number of pyridine rings is 1. The third-order valence-corrected chi connectivity index (χ3v) is 4.64. The summed E-state index contributed by atoms with van der Waals surface area (Å²) in [4.78, 5) is 8.95. The highest BCUT2D eigenvalue weighted by Crippen LogP contribution is 2.33. The molecule has 4 heterocycles. The minimum atomic E-state index is -0.0677. The van der Waals surface area contributed by atoms with E-state index >= 15 is 0 Å². The van der Waals surface area contributed by atoms with E-state index in [1.807, 2.05) is 18.1 Å². The van der Waals surface area contributed by atoms with Crippen molar-refractivity contribution in [2.75, 3.05) is 6.61 Å². The highest BCUT2D eigenvalue weighted by atomic mass is 32.1. The molecule has 0 spiro atoms. The summed E-state index contributed by atoms with van der Waals surface area (Å²) in [6.45, 7) is 2.42. The molecule has 1 aliphatic rings. The van der Waals surface area contributed by atoms with Crippen LogP contribution in [0.3, 0.4) is 0 Å². The fourth-order valence-electron chi connectivity index (χ4n) is 2.84. The summed E-state index contributed by atoms with van der Waals surface area (Å²) >= 11 is 1.67. The van der Waals surface area contributed by atoms with Crippen molar-refractivity contribution in [2.24, 2.45) is 0 Å². The normalized spacial score (nSPS) is 19.9. The summed E-state index contributed by atoms with van der Waals surface area (Å²) in [6, 6.07) is 2.24. The lowest BCUT2D eigenvalue weighted by Crippen LogP contribution is -2.21. The van der Waals surface area contributed by atoms with Gasteiger partial charge in [-0.2, -0.15) is 0 Å². The molecule has 1 radical (unpaired) electrons. The lowest BCUT2D eigenvalue weighted by atomic mass is 10.1. The molecule has 1 aliphatic heterocycles. The summed E-state index contributed by atoms with van der Waals surface area (Å²) in [5.74, 6) is 0.693. The van der Waals surface area contributed by atoms with Gasteiger partial charge in [-0.1, -0.05) is 0 Å². The zero-order valence-electron chi connectivity index (χ0n) is 10.8. The van der Waals surface area contributed by atoms with Crippen molar-refractivity contribution in [3.8, 4) is 0 Å². The first-order valence-electron chi connectivity index (χ1n) is 6.65. The summed E-state index contributed by atoms with van der Waals surface area (Å²) < 4.78 is 8.75. The van der Waals surface area contributed by atoms with Crippen molar-refractivity contribution in [3.05, 3.63) is 30.1 Å². The Balaban J connectivity index is 2.01. The van der Waals surface area contributed by atoms with Crippen LogP contribution in [0.1, 0.15) is 24.7 Å². The van der Waals surface area contributed by atoms with Crippen molar-refractivity contribution >= 4 is 32.6 Å². The molecular formula is C14H14N3O2S. The van der Waals surface area contributed by atoms with Crippen LogP contribution in [0, 0.1) is 6.61 Å². The summed E-state index contributed by atoms with van der Waals surface area (Å²) in [6.07, 6.45) is 3.72.